The minimum absolute atomic E-state index is 0.000544. The fraction of sp³-hybridized carbons (Fsp3) is 0.588. The number of carbonyl (C=O) groups is 1. The molecule has 2 rings (SSSR count). The van der Waals surface area contributed by atoms with Gasteiger partial charge in [-0.1, -0.05) is 0 Å². The molecule has 0 saturated carbocycles. The van der Waals surface area contributed by atoms with Crippen LogP contribution < -0.4 is 24.8 Å². The van der Waals surface area contributed by atoms with E-state index in [0.29, 0.717) is 36.4 Å². The van der Waals surface area contributed by atoms with Crippen LogP contribution in [0, 0.1) is 0 Å². The fourth-order valence-electron chi connectivity index (χ4n) is 2.78. The van der Waals surface area contributed by atoms with Gasteiger partial charge >= 0.3 is 0 Å². The number of ether oxygens (including phenoxy) is 3. The third kappa shape index (κ3) is 4.52. The van der Waals surface area contributed by atoms with Crippen molar-refractivity contribution < 1.29 is 19.0 Å². The molecule has 1 saturated heterocycles. The zero-order valence-corrected chi connectivity index (χ0v) is 14.8. The Balaban J connectivity index is 1.98. The Kier molecular flexibility index (Phi) is 6.69. The summed E-state index contributed by atoms with van der Waals surface area (Å²) in [5, 5.41) is 6.27. The van der Waals surface area contributed by atoms with Crippen molar-refractivity contribution in [2.75, 3.05) is 47.5 Å². The van der Waals surface area contributed by atoms with Crippen molar-refractivity contribution in [2.45, 2.75) is 19.5 Å². The minimum Gasteiger partial charge on any atom is -0.496 e. The van der Waals surface area contributed by atoms with Gasteiger partial charge in [-0.05, 0) is 13.0 Å². The summed E-state index contributed by atoms with van der Waals surface area (Å²) >= 11 is 0. The summed E-state index contributed by atoms with van der Waals surface area (Å²) in [6.45, 7) is 5.62. The summed E-state index contributed by atoms with van der Waals surface area (Å²) in [4.78, 5) is 14.4. The largest absolute Gasteiger partial charge is 0.496 e. The fourth-order valence-corrected chi connectivity index (χ4v) is 2.78. The van der Waals surface area contributed by atoms with Crippen molar-refractivity contribution in [1.29, 1.82) is 0 Å². The van der Waals surface area contributed by atoms with Crippen LogP contribution in [0.15, 0.2) is 12.1 Å². The molecule has 7 heteroatoms. The molecular weight excluding hydrogens is 310 g/mol. The van der Waals surface area contributed by atoms with Gasteiger partial charge in [-0.15, -0.1) is 0 Å². The Morgan fingerprint density at radius 2 is 1.88 bits per heavy atom. The third-order valence-corrected chi connectivity index (χ3v) is 4.25. The van der Waals surface area contributed by atoms with E-state index >= 15 is 0 Å². The molecule has 24 heavy (non-hydrogen) atoms. The summed E-state index contributed by atoms with van der Waals surface area (Å²) in [7, 11) is 4.75. The van der Waals surface area contributed by atoms with E-state index in [2.05, 4.69) is 22.5 Å². The number of carbonyl (C=O) groups excluding carboxylic acids is 1. The first-order valence-electron chi connectivity index (χ1n) is 8.09. The zero-order chi connectivity index (χ0) is 17.5. The van der Waals surface area contributed by atoms with Crippen molar-refractivity contribution in [3.8, 4) is 17.2 Å². The Morgan fingerprint density at radius 3 is 2.50 bits per heavy atom. The van der Waals surface area contributed by atoms with E-state index in [1.54, 1.807) is 27.4 Å². The van der Waals surface area contributed by atoms with E-state index in [4.69, 9.17) is 14.2 Å². The number of hydrogen-bond donors (Lipinski definition) is 2. The molecule has 0 aliphatic carbocycles. The normalized spacial score (nSPS) is 18.1. The molecule has 1 heterocycles. The number of hydrogen-bond acceptors (Lipinski definition) is 6. The average Bonchev–Trinajstić information content (AvgIpc) is 2.61. The molecule has 7 nitrogen and oxygen atoms in total. The van der Waals surface area contributed by atoms with E-state index in [0.717, 1.165) is 25.2 Å². The van der Waals surface area contributed by atoms with Gasteiger partial charge in [-0.2, -0.15) is 0 Å². The molecule has 1 aromatic carbocycles. The highest BCUT2D eigenvalue weighted by Crippen LogP contribution is 2.34. The summed E-state index contributed by atoms with van der Waals surface area (Å²) in [6.07, 6.45) is 0. The number of piperazine rings is 1. The highest BCUT2D eigenvalue weighted by molar-refractivity contribution is 5.78. The van der Waals surface area contributed by atoms with E-state index in [1.807, 2.05) is 6.07 Å². The second kappa shape index (κ2) is 8.75. The van der Waals surface area contributed by atoms with Gasteiger partial charge in [0.15, 0.2) is 11.5 Å². The summed E-state index contributed by atoms with van der Waals surface area (Å²) in [6, 6.07) is 3.95. The first-order valence-corrected chi connectivity index (χ1v) is 8.09. The maximum Gasteiger partial charge on any atom is 0.234 e. The molecular formula is C17H27N3O4. The lowest BCUT2D eigenvalue weighted by atomic mass is 10.1. The smallest absolute Gasteiger partial charge is 0.234 e. The summed E-state index contributed by atoms with van der Waals surface area (Å²) < 4.78 is 16.0. The van der Waals surface area contributed by atoms with Gasteiger partial charge in [-0.3, -0.25) is 9.69 Å². The van der Waals surface area contributed by atoms with Crippen LogP contribution in [0.5, 0.6) is 17.2 Å². The number of methoxy groups -OCH3 is 3. The van der Waals surface area contributed by atoms with Gasteiger partial charge in [0.25, 0.3) is 0 Å². The molecule has 1 aromatic rings. The van der Waals surface area contributed by atoms with Crippen molar-refractivity contribution in [3.63, 3.8) is 0 Å². The molecule has 1 atom stereocenters. The lowest BCUT2D eigenvalue weighted by Gasteiger charge is -2.33. The number of nitrogens with one attached hydrogen (secondary N) is 2. The monoisotopic (exact) mass is 337 g/mol. The van der Waals surface area contributed by atoms with E-state index in [9.17, 15) is 4.79 Å². The lowest BCUT2D eigenvalue weighted by molar-refractivity contribution is -0.123. The predicted octanol–water partition coefficient (Wildman–Crippen LogP) is 0.622. The molecule has 0 aromatic heterocycles. The number of nitrogens with zero attached hydrogens (tertiary/aromatic N) is 1. The van der Waals surface area contributed by atoms with Crippen LogP contribution in [0.4, 0.5) is 0 Å². The number of rotatable bonds is 7. The lowest BCUT2D eigenvalue weighted by Crippen LogP contribution is -2.52. The van der Waals surface area contributed by atoms with Gasteiger partial charge in [-0.25, -0.2) is 0 Å². The molecule has 1 fully saturated rings. The van der Waals surface area contributed by atoms with Crippen molar-refractivity contribution in [3.05, 3.63) is 17.7 Å². The summed E-state index contributed by atoms with van der Waals surface area (Å²) in [5.74, 6) is 1.86. The van der Waals surface area contributed by atoms with Gasteiger partial charge in [0.2, 0.25) is 5.91 Å². The van der Waals surface area contributed by atoms with Gasteiger partial charge in [0.1, 0.15) is 5.75 Å². The van der Waals surface area contributed by atoms with Crippen molar-refractivity contribution >= 4 is 5.91 Å². The molecule has 1 amide bonds. The Bertz CT molecular complexity index is 565. The van der Waals surface area contributed by atoms with Crippen LogP contribution in [0.1, 0.15) is 12.5 Å². The van der Waals surface area contributed by atoms with Gasteiger partial charge < -0.3 is 24.8 Å². The highest BCUT2D eigenvalue weighted by Gasteiger charge is 2.20. The molecule has 0 spiro atoms. The quantitative estimate of drug-likeness (QED) is 0.760. The molecule has 1 aliphatic heterocycles. The van der Waals surface area contributed by atoms with Crippen LogP contribution in [-0.4, -0.2) is 64.4 Å². The van der Waals surface area contributed by atoms with E-state index in [-0.39, 0.29) is 5.91 Å². The van der Waals surface area contributed by atoms with Gasteiger partial charge in [0.05, 0.1) is 27.9 Å². The number of amides is 1. The maximum absolute atomic E-state index is 12.2. The second-order valence-corrected chi connectivity index (χ2v) is 5.82. The Morgan fingerprint density at radius 1 is 1.21 bits per heavy atom. The molecule has 134 valence electrons. The Labute approximate surface area is 143 Å². The van der Waals surface area contributed by atoms with E-state index in [1.165, 1.54) is 0 Å². The standard InChI is InChI=1S/C17H27N3O4/c1-12-9-18-5-6-20(12)11-17(21)19-10-13-7-15(23-3)16(24-4)8-14(13)22-2/h7-8,12,18H,5-6,9-11H2,1-4H3,(H,19,21)/t12-/m1/s1. The van der Waals surface area contributed by atoms with Crippen LogP contribution in [0.2, 0.25) is 0 Å². The Hall–Kier alpha value is -1.99. The zero-order valence-electron chi connectivity index (χ0n) is 14.8. The highest BCUT2D eigenvalue weighted by atomic mass is 16.5. The van der Waals surface area contributed by atoms with Crippen LogP contribution >= 0.6 is 0 Å². The average molecular weight is 337 g/mol. The van der Waals surface area contributed by atoms with E-state index < -0.39 is 0 Å². The SMILES string of the molecule is COc1cc(OC)c(OC)cc1CNC(=O)CN1CCNC[C@H]1C. The van der Waals surface area contributed by atoms with Crippen molar-refractivity contribution in [2.24, 2.45) is 0 Å². The third-order valence-electron chi connectivity index (χ3n) is 4.25. The van der Waals surface area contributed by atoms with Crippen LogP contribution in [0.25, 0.3) is 0 Å². The molecule has 0 radical (unpaired) electrons. The van der Waals surface area contributed by atoms with Gasteiger partial charge in [0, 0.05) is 43.9 Å². The van der Waals surface area contributed by atoms with Crippen LogP contribution in [-0.2, 0) is 11.3 Å². The molecule has 0 bridgehead atoms. The maximum atomic E-state index is 12.2. The molecule has 0 unspecified atom stereocenters. The topological polar surface area (TPSA) is 72.1 Å². The number of benzene rings is 1. The first-order chi connectivity index (χ1) is 11.6. The molecule has 2 N–H and O–H groups in total. The van der Waals surface area contributed by atoms with Crippen LogP contribution in [0.3, 0.4) is 0 Å². The second-order valence-electron chi connectivity index (χ2n) is 5.82. The first kappa shape index (κ1) is 18.4. The summed E-state index contributed by atoms with van der Waals surface area (Å²) in [5.41, 5.74) is 0.844. The van der Waals surface area contributed by atoms with Crippen molar-refractivity contribution in [1.82, 2.24) is 15.5 Å². The minimum atomic E-state index is 0.000544. The predicted molar refractivity (Wildman–Crippen MR) is 91.8 cm³/mol. The molecule has 1 aliphatic rings.